The van der Waals surface area contributed by atoms with Crippen LogP contribution in [0.4, 0.5) is 0 Å². The molecular formula is C16H22N2O2. The molecule has 1 N–H and O–H groups in total. The van der Waals surface area contributed by atoms with E-state index in [1.807, 2.05) is 13.0 Å². The second-order valence-corrected chi connectivity index (χ2v) is 5.41. The first-order valence-corrected chi connectivity index (χ1v) is 7.16. The summed E-state index contributed by atoms with van der Waals surface area (Å²) in [6.07, 6.45) is 1.01. The summed E-state index contributed by atoms with van der Waals surface area (Å²) >= 11 is 0. The molecule has 0 radical (unpaired) electrons. The highest BCUT2D eigenvalue weighted by molar-refractivity contribution is 5.89. The van der Waals surface area contributed by atoms with Crippen LogP contribution in [0.1, 0.15) is 36.5 Å². The van der Waals surface area contributed by atoms with Crippen LogP contribution < -0.4 is 5.32 Å². The van der Waals surface area contributed by atoms with Gasteiger partial charge in [0.15, 0.2) is 0 Å². The van der Waals surface area contributed by atoms with E-state index in [2.05, 4.69) is 31.3 Å². The van der Waals surface area contributed by atoms with Crippen molar-refractivity contribution in [3.8, 4) is 0 Å². The van der Waals surface area contributed by atoms with Gasteiger partial charge in [-0.3, -0.25) is 9.59 Å². The van der Waals surface area contributed by atoms with Crippen LogP contribution in [-0.2, 0) is 16.1 Å². The molecule has 4 nitrogen and oxygen atoms in total. The summed E-state index contributed by atoms with van der Waals surface area (Å²) in [5.41, 5.74) is 3.56. The lowest BCUT2D eigenvalue weighted by atomic mass is 10.0. The fraction of sp³-hybridized carbons (Fsp3) is 0.500. The summed E-state index contributed by atoms with van der Waals surface area (Å²) in [6.45, 7) is 7.12. The SMILES string of the molecule is CCC1NC(=O)CCN(Cc2c(C)cccc2C)C1=O. The minimum absolute atomic E-state index is 0.0287. The summed E-state index contributed by atoms with van der Waals surface area (Å²) in [7, 11) is 0. The molecule has 1 fully saturated rings. The maximum absolute atomic E-state index is 12.5. The molecule has 4 heteroatoms. The lowest BCUT2D eigenvalue weighted by Crippen LogP contribution is -2.44. The Morgan fingerprint density at radius 2 is 1.90 bits per heavy atom. The van der Waals surface area contributed by atoms with Gasteiger partial charge in [0, 0.05) is 19.5 Å². The monoisotopic (exact) mass is 274 g/mol. The molecule has 1 aromatic carbocycles. The van der Waals surface area contributed by atoms with Gasteiger partial charge in [0.25, 0.3) is 0 Å². The Kier molecular flexibility index (Phi) is 4.42. The lowest BCUT2D eigenvalue weighted by Gasteiger charge is -2.25. The zero-order valence-corrected chi connectivity index (χ0v) is 12.4. The summed E-state index contributed by atoms with van der Waals surface area (Å²) in [6, 6.07) is 5.77. The Hall–Kier alpha value is -1.84. The number of hydrogen-bond donors (Lipinski definition) is 1. The molecule has 0 aromatic heterocycles. The zero-order valence-electron chi connectivity index (χ0n) is 12.4. The number of benzene rings is 1. The van der Waals surface area contributed by atoms with Gasteiger partial charge in [0.1, 0.15) is 6.04 Å². The molecule has 0 aliphatic carbocycles. The van der Waals surface area contributed by atoms with E-state index < -0.39 is 0 Å². The van der Waals surface area contributed by atoms with Crippen molar-refractivity contribution in [2.45, 2.75) is 46.2 Å². The zero-order chi connectivity index (χ0) is 14.7. The second-order valence-electron chi connectivity index (χ2n) is 5.41. The van der Waals surface area contributed by atoms with Gasteiger partial charge in [0.05, 0.1) is 0 Å². The molecule has 1 atom stereocenters. The van der Waals surface area contributed by atoms with Gasteiger partial charge in [-0.25, -0.2) is 0 Å². The van der Waals surface area contributed by atoms with Crippen LogP contribution in [0.25, 0.3) is 0 Å². The van der Waals surface area contributed by atoms with Crippen LogP contribution in [0.2, 0.25) is 0 Å². The van der Waals surface area contributed by atoms with Crippen molar-refractivity contribution in [1.82, 2.24) is 10.2 Å². The van der Waals surface area contributed by atoms with E-state index in [4.69, 9.17) is 0 Å². The average Bonchev–Trinajstić information content (AvgIpc) is 2.55. The van der Waals surface area contributed by atoms with Crippen molar-refractivity contribution < 1.29 is 9.59 Å². The largest absolute Gasteiger partial charge is 0.344 e. The summed E-state index contributed by atoms with van der Waals surface area (Å²) < 4.78 is 0. The molecule has 1 unspecified atom stereocenters. The third kappa shape index (κ3) is 3.00. The minimum Gasteiger partial charge on any atom is -0.344 e. The van der Waals surface area contributed by atoms with Crippen LogP contribution >= 0.6 is 0 Å². The fourth-order valence-corrected chi connectivity index (χ4v) is 2.62. The molecule has 20 heavy (non-hydrogen) atoms. The van der Waals surface area contributed by atoms with E-state index in [0.717, 1.165) is 0 Å². The Balaban J connectivity index is 2.23. The van der Waals surface area contributed by atoms with Gasteiger partial charge in [-0.15, -0.1) is 0 Å². The van der Waals surface area contributed by atoms with E-state index in [1.54, 1.807) is 4.90 Å². The van der Waals surface area contributed by atoms with Crippen molar-refractivity contribution >= 4 is 11.8 Å². The minimum atomic E-state index is -0.380. The van der Waals surface area contributed by atoms with Gasteiger partial charge < -0.3 is 10.2 Å². The molecular weight excluding hydrogens is 252 g/mol. The van der Waals surface area contributed by atoms with Crippen molar-refractivity contribution in [3.63, 3.8) is 0 Å². The first-order valence-electron chi connectivity index (χ1n) is 7.16. The Morgan fingerprint density at radius 3 is 2.50 bits per heavy atom. The normalized spacial score (nSPS) is 19.8. The Bertz CT molecular complexity index is 505. The van der Waals surface area contributed by atoms with E-state index in [-0.39, 0.29) is 17.9 Å². The average molecular weight is 274 g/mol. The molecule has 108 valence electrons. The van der Waals surface area contributed by atoms with Gasteiger partial charge in [0.2, 0.25) is 11.8 Å². The van der Waals surface area contributed by atoms with Gasteiger partial charge in [-0.1, -0.05) is 25.1 Å². The lowest BCUT2D eigenvalue weighted by molar-refractivity contribution is -0.134. The number of rotatable bonds is 3. The highest BCUT2D eigenvalue weighted by Crippen LogP contribution is 2.18. The van der Waals surface area contributed by atoms with Crippen molar-refractivity contribution in [1.29, 1.82) is 0 Å². The second kappa shape index (κ2) is 6.07. The summed E-state index contributed by atoms with van der Waals surface area (Å²) in [4.78, 5) is 25.9. The molecule has 1 aromatic rings. The molecule has 2 rings (SSSR count). The fourth-order valence-electron chi connectivity index (χ4n) is 2.62. The molecule has 0 spiro atoms. The van der Waals surface area contributed by atoms with Gasteiger partial charge in [-0.05, 0) is 37.0 Å². The molecule has 1 saturated heterocycles. The third-order valence-corrected chi connectivity index (χ3v) is 3.96. The molecule has 2 amide bonds. The number of aryl methyl sites for hydroxylation is 2. The maximum atomic E-state index is 12.5. The molecule has 0 bridgehead atoms. The topological polar surface area (TPSA) is 49.4 Å². The van der Waals surface area contributed by atoms with Crippen LogP contribution in [0, 0.1) is 13.8 Å². The summed E-state index contributed by atoms with van der Waals surface area (Å²) in [5.74, 6) is -0.00444. The predicted molar refractivity (Wildman–Crippen MR) is 78.2 cm³/mol. The van der Waals surface area contributed by atoms with E-state index in [0.29, 0.717) is 25.9 Å². The predicted octanol–water partition coefficient (Wildman–Crippen LogP) is 1.93. The van der Waals surface area contributed by atoms with E-state index in [9.17, 15) is 9.59 Å². The number of carbonyl (C=O) groups is 2. The number of amides is 2. The summed E-state index contributed by atoms with van der Waals surface area (Å²) in [5, 5.41) is 2.79. The van der Waals surface area contributed by atoms with Crippen LogP contribution in [0.5, 0.6) is 0 Å². The first-order chi connectivity index (χ1) is 9.52. The van der Waals surface area contributed by atoms with Crippen LogP contribution in [0.3, 0.4) is 0 Å². The standard InChI is InChI=1S/C16H22N2O2/c1-4-14-16(20)18(9-8-15(19)17-14)10-13-11(2)6-5-7-12(13)3/h5-7,14H,4,8-10H2,1-3H3,(H,17,19). The van der Waals surface area contributed by atoms with Gasteiger partial charge in [-0.2, -0.15) is 0 Å². The molecule has 1 heterocycles. The smallest absolute Gasteiger partial charge is 0.245 e. The first kappa shape index (κ1) is 14.6. The van der Waals surface area contributed by atoms with Crippen molar-refractivity contribution in [2.75, 3.05) is 6.54 Å². The number of hydrogen-bond acceptors (Lipinski definition) is 2. The van der Waals surface area contributed by atoms with Crippen molar-refractivity contribution in [2.24, 2.45) is 0 Å². The maximum Gasteiger partial charge on any atom is 0.245 e. The van der Waals surface area contributed by atoms with E-state index >= 15 is 0 Å². The van der Waals surface area contributed by atoms with Crippen molar-refractivity contribution in [3.05, 3.63) is 34.9 Å². The quantitative estimate of drug-likeness (QED) is 0.915. The molecule has 1 aliphatic heterocycles. The van der Waals surface area contributed by atoms with E-state index in [1.165, 1.54) is 16.7 Å². The van der Waals surface area contributed by atoms with Crippen LogP contribution in [0.15, 0.2) is 18.2 Å². The Labute approximate surface area is 120 Å². The Morgan fingerprint density at radius 1 is 1.25 bits per heavy atom. The highest BCUT2D eigenvalue weighted by Gasteiger charge is 2.28. The number of nitrogens with zero attached hydrogens (tertiary/aromatic N) is 1. The molecule has 1 aliphatic rings. The highest BCUT2D eigenvalue weighted by atomic mass is 16.2. The number of nitrogens with one attached hydrogen (secondary N) is 1. The van der Waals surface area contributed by atoms with Crippen LogP contribution in [-0.4, -0.2) is 29.3 Å². The molecule has 0 saturated carbocycles. The van der Waals surface area contributed by atoms with Gasteiger partial charge >= 0.3 is 0 Å². The number of carbonyl (C=O) groups excluding carboxylic acids is 2. The third-order valence-electron chi connectivity index (χ3n) is 3.96.